The smallest absolute Gasteiger partial charge is 0.214 e. The summed E-state index contributed by atoms with van der Waals surface area (Å²) in [7, 11) is 0. The van der Waals surface area contributed by atoms with Crippen LogP contribution in [0.2, 0.25) is 10.0 Å². The summed E-state index contributed by atoms with van der Waals surface area (Å²) in [5.41, 5.74) is 2.98. The van der Waals surface area contributed by atoms with Crippen LogP contribution in [0.4, 0.5) is 0 Å². The highest BCUT2D eigenvalue weighted by Gasteiger charge is 2.11. The Bertz CT molecular complexity index is 1480. The van der Waals surface area contributed by atoms with Gasteiger partial charge in [-0.2, -0.15) is 4.68 Å². The quantitative estimate of drug-likeness (QED) is 0.129. The van der Waals surface area contributed by atoms with Crippen LogP contribution in [0.25, 0.3) is 16.5 Å². The van der Waals surface area contributed by atoms with E-state index in [0.29, 0.717) is 23.2 Å². The molecule has 0 atom stereocenters. The molecule has 1 N–H and O–H groups in total. The molecule has 0 radical (unpaired) electrons. The molecule has 0 aliphatic heterocycles. The van der Waals surface area contributed by atoms with Crippen molar-refractivity contribution >= 4 is 58.1 Å². The van der Waals surface area contributed by atoms with Gasteiger partial charge in [-0.15, -0.1) is 17.5 Å². The van der Waals surface area contributed by atoms with Gasteiger partial charge in [0.25, 0.3) is 0 Å². The highest BCUT2D eigenvalue weighted by molar-refractivity contribution is 7.99. The fourth-order valence-electron chi connectivity index (χ4n) is 4.00. The van der Waals surface area contributed by atoms with Gasteiger partial charge < -0.3 is 10.1 Å². The fourth-order valence-corrected chi connectivity index (χ4v) is 5.29. The Morgan fingerprint density at radius 3 is 2.58 bits per heavy atom. The third kappa shape index (κ3) is 6.98. The van der Waals surface area contributed by atoms with E-state index in [-0.39, 0.29) is 12.4 Å². The van der Waals surface area contributed by atoms with Crippen molar-refractivity contribution < 1.29 is 4.74 Å². The van der Waals surface area contributed by atoms with Gasteiger partial charge in [0.1, 0.15) is 12.4 Å². The normalized spacial score (nSPS) is 10.9. The van der Waals surface area contributed by atoms with Gasteiger partial charge in [-0.3, -0.25) is 0 Å². The summed E-state index contributed by atoms with van der Waals surface area (Å²) in [5, 5.41) is 20.1. The molecule has 1 aromatic heterocycles. The maximum absolute atomic E-state index is 6.35. The molecule has 6 nitrogen and oxygen atoms in total. The van der Waals surface area contributed by atoms with Crippen molar-refractivity contribution in [2.75, 3.05) is 12.3 Å². The Balaban J connectivity index is 0.00000336. The predicted molar refractivity (Wildman–Crippen MR) is 158 cm³/mol. The van der Waals surface area contributed by atoms with Crippen LogP contribution in [-0.4, -0.2) is 32.5 Å². The van der Waals surface area contributed by atoms with Gasteiger partial charge in [-0.1, -0.05) is 89.6 Å². The largest absolute Gasteiger partial charge is 0.488 e. The van der Waals surface area contributed by atoms with E-state index in [1.54, 1.807) is 22.5 Å². The minimum absolute atomic E-state index is 0. The molecule has 0 unspecified atom stereocenters. The summed E-state index contributed by atoms with van der Waals surface area (Å²) in [5.74, 6) is 1.74. The second kappa shape index (κ2) is 13.8. The molecule has 5 aromatic rings. The van der Waals surface area contributed by atoms with Crippen molar-refractivity contribution in [1.82, 2.24) is 25.5 Å². The zero-order valence-electron chi connectivity index (χ0n) is 20.4. The van der Waals surface area contributed by atoms with Crippen LogP contribution < -0.4 is 10.1 Å². The zero-order chi connectivity index (χ0) is 25.5. The number of thioether (sulfide) groups is 1. The van der Waals surface area contributed by atoms with Crippen molar-refractivity contribution in [2.45, 2.75) is 24.7 Å². The summed E-state index contributed by atoms with van der Waals surface area (Å²) in [6, 6.07) is 27.9. The summed E-state index contributed by atoms with van der Waals surface area (Å²) in [6.45, 7) is 1.91. The van der Waals surface area contributed by atoms with Gasteiger partial charge in [0.05, 0.1) is 5.69 Å². The molecule has 10 heteroatoms. The average molecular weight is 587 g/mol. The first-order valence-corrected chi connectivity index (χ1v) is 13.7. The Labute approximate surface area is 242 Å². The Kier molecular flexibility index (Phi) is 10.3. The first-order chi connectivity index (χ1) is 18.2. The van der Waals surface area contributed by atoms with Gasteiger partial charge in [0.15, 0.2) is 0 Å². The SMILES string of the molecule is Cl.Clc1ccc(COc2ccc3ccccc3c2CNCCCSc2nnnn2-c2ccccc2)c(Cl)c1. The summed E-state index contributed by atoms with van der Waals surface area (Å²) in [4.78, 5) is 0. The third-order valence-electron chi connectivity index (χ3n) is 5.87. The monoisotopic (exact) mass is 585 g/mol. The van der Waals surface area contributed by atoms with Crippen molar-refractivity contribution in [3.8, 4) is 11.4 Å². The van der Waals surface area contributed by atoms with Gasteiger partial charge in [-0.05, 0) is 64.5 Å². The number of tetrazole rings is 1. The molecule has 4 aromatic carbocycles. The lowest BCUT2D eigenvalue weighted by Gasteiger charge is -2.16. The van der Waals surface area contributed by atoms with Crippen molar-refractivity contribution in [3.63, 3.8) is 0 Å². The lowest BCUT2D eigenvalue weighted by Crippen LogP contribution is -2.16. The van der Waals surface area contributed by atoms with Crippen LogP contribution in [0.5, 0.6) is 5.75 Å². The molecule has 0 aliphatic rings. The van der Waals surface area contributed by atoms with Crippen LogP contribution in [-0.2, 0) is 13.2 Å². The van der Waals surface area contributed by atoms with Crippen molar-refractivity contribution in [2.24, 2.45) is 0 Å². The highest BCUT2D eigenvalue weighted by Crippen LogP contribution is 2.30. The maximum Gasteiger partial charge on any atom is 0.214 e. The lowest BCUT2D eigenvalue weighted by molar-refractivity contribution is 0.303. The van der Waals surface area contributed by atoms with Gasteiger partial charge in [-0.25, -0.2) is 0 Å². The van der Waals surface area contributed by atoms with Gasteiger partial charge in [0.2, 0.25) is 5.16 Å². The molecule has 0 spiro atoms. The Morgan fingerprint density at radius 1 is 0.921 bits per heavy atom. The third-order valence-corrected chi connectivity index (χ3v) is 7.46. The van der Waals surface area contributed by atoms with Crippen LogP contribution in [0.1, 0.15) is 17.5 Å². The number of halogens is 3. The van der Waals surface area contributed by atoms with E-state index in [2.05, 4.69) is 45.1 Å². The van der Waals surface area contributed by atoms with E-state index < -0.39 is 0 Å². The van der Waals surface area contributed by atoms with Crippen molar-refractivity contribution in [3.05, 3.63) is 106 Å². The van der Waals surface area contributed by atoms with E-state index in [9.17, 15) is 0 Å². The van der Waals surface area contributed by atoms with Crippen LogP contribution in [0.3, 0.4) is 0 Å². The lowest BCUT2D eigenvalue weighted by atomic mass is 10.0. The number of para-hydroxylation sites is 1. The molecule has 0 aliphatic carbocycles. The van der Waals surface area contributed by atoms with Crippen molar-refractivity contribution in [1.29, 1.82) is 0 Å². The molecule has 5 rings (SSSR count). The molecule has 0 amide bonds. The number of rotatable bonds is 11. The number of hydrogen-bond acceptors (Lipinski definition) is 6. The summed E-state index contributed by atoms with van der Waals surface area (Å²) in [6.07, 6.45) is 0.966. The van der Waals surface area contributed by atoms with Gasteiger partial charge >= 0.3 is 0 Å². The number of aromatic nitrogens is 4. The topological polar surface area (TPSA) is 64.9 Å². The molecule has 0 fully saturated rings. The molecular weight excluding hydrogens is 561 g/mol. The Morgan fingerprint density at radius 2 is 1.74 bits per heavy atom. The molecule has 0 bridgehead atoms. The first kappa shape index (κ1) is 28.2. The highest BCUT2D eigenvalue weighted by atomic mass is 35.5. The van der Waals surface area contributed by atoms with Crippen LogP contribution >= 0.6 is 47.4 Å². The zero-order valence-corrected chi connectivity index (χ0v) is 23.5. The number of nitrogens with one attached hydrogen (secondary N) is 1. The second-order valence-corrected chi connectivity index (χ2v) is 10.3. The second-order valence-electron chi connectivity index (χ2n) is 8.38. The molecule has 196 valence electrons. The van der Waals surface area contributed by atoms with E-state index in [0.717, 1.165) is 46.4 Å². The van der Waals surface area contributed by atoms with Crippen LogP contribution in [0, 0.1) is 0 Å². The molecule has 0 saturated carbocycles. The number of nitrogens with zero attached hydrogens (tertiary/aromatic N) is 4. The summed E-state index contributed by atoms with van der Waals surface area (Å²) >= 11 is 14.0. The number of benzene rings is 4. The fraction of sp³-hybridized carbons (Fsp3) is 0.179. The maximum atomic E-state index is 6.35. The predicted octanol–water partition coefficient (Wildman–Crippen LogP) is 7.40. The molecule has 38 heavy (non-hydrogen) atoms. The van der Waals surface area contributed by atoms with Crippen LogP contribution in [0.15, 0.2) is 90.1 Å². The minimum Gasteiger partial charge on any atom is -0.488 e. The number of fused-ring (bicyclic) bond motifs is 1. The van der Waals surface area contributed by atoms with E-state index >= 15 is 0 Å². The molecule has 1 heterocycles. The average Bonchev–Trinajstić information content (AvgIpc) is 3.39. The first-order valence-electron chi connectivity index (χ1n) is 11.9. The minimum atomic E-state index is 0. The standard InChI is InChI=1S/C28H25Cl2N5OS.ClH/c29-22-13-11-21(26(30)17-22)19-36-27-14-12-20-7-4-5-10-24(20)25(27)18-31-15-6-16-37-28-32-33-34-35(28)23-8-2-1-3-9-23;/h1-5,7-14,17,31H,6,15-16,18-19H2;1H. The van der Waals surface area contributed by atoms with E-state index in [4.69, 9.17) is 27.9 Å². The number of hydrogen-bond donors (Lipinski definition) is 1. The van der Waals surface area contributed by atoms with Gasteiger partial charge in [0, 0.05) is 33.5 Å². The van der Waals surface area contributed by atoms with E-state index in [1.807, 2.05) is 54.6 Å². The summed E-state index contributed by atoms with van der Waals surface area (Å²) < 4.78 is 8.01. The molecule has 0 saturated heterocycles. The number of ether oxygens (including phenoxy) is 1. The van der Waals surface area contributed by atoms with E-state index in [1.165, 1.54) is 10.8 Å². The Hall–Kier alpha value is -2.81. The molecular formula is C28H26Cl3N5OS.